The number of carbonyl (C=O) groups is 2. The molecule has 0 aliphatic heterocycles. The summed E-state index contributed by atoms with van der Waals surface area (Å²) in [6.07, 6.45) is 4.38. The number of H-pyrrole nitrogens is 2. The van der Waals surface area contributed by atoms with Crippen molar-refractivity contribution in [1.82, 2.24) is 15.3 Å². The summed E-state index contributed by atoms with van der Waals surface area (Å²) in [5.74, 6) is -1.31. The number of hydrogen-bond donors (Lipinski definition) is 4. The Balaban J connectivity index is 1.36. The molecule has 0 fully saturated rings. The highest BCUT2D eigenvalue weighted by Gasteiger charge is 2.15. The van der Waals surface area contributed by atoms with Crippen LogP contribution in [0.25, 0.3) is 21.8 Å². The van der Waals surface area contributed by atoms with E-state index in [1.165, 1.54) is 0 Å². The maximum Gasteiger partial charge on any atom is 0.313 e. The van der Waals surface area contributed by atoms with Gasteiger partial charge in [-0.15, -0.1) is 0 Å². The van der Waals surface area contributed by atoms with E-state index in [0.29, 0.717) is 18.7 Å². The van der Waals surface area contributed by atoms with E-state index in [9.17, 15) is 9.59 Å². The van der Waals surface area contributed by atoms with Crippen molar-refractivity contribution in [2.24, 2.45) is 0 Å². The summed E-state index contributed by atoms with van der Waals surface area (Å²) in [6.45, 7) is 0.391. The van der Waals surface area contributed by atoms with Crippen LogP contribution in [0.3, 0.4) is 0 Å². The first kappa shape index (κ1) is 16.0. The zero-order valence-corrected chi connectivity index (χ0v) is 14.0. The topological polar surface area (TPSA) is 89.8 Å². The molecule has 2 aromatic heterocycles. The molecular formula is C20H18N4O2. The quantitative estimate of drug-likeness (QED) is 0.428. The number of fused-ring (bicyclic) bond motifs is 2. The van der Waals surface area contributed by atoms with Gasteiger partial charge in [-0.05, 0) is 36.2 Å². The van der Waals surface area contributed by atoms with E-state index in [1.807, 2.05) is 48.7 Å². The van der Waals surface area contributed by atoms with Crippen molar-refractivity contribution < 1.29 is 9.59 Å². The fourth-order valence-corrected chi connectivity index (χ4v) is 3.10. The van der Waals surface area contributed by atoms with Gasteiger partial charge in [0.1, 0.15) is 0 Å². The van der Waals surface area contributed by atoms with Crippen molar-refractivity contribution in [3.63, 3.8) is 0 Å². The summed E-state index contributed by atoms with van der Waals surface area (Å²) < 4.78 is 0. The second kappa shape index (κ2) is 6.76. The number of aromatic amines is 2. The molecule has 0 aliphatic rings. The van der Waals surface area contributed by atoms with Gasteiger partial charge >= 0.3 is 11.8 Å². The Bertz CT molecular complexity index is 1090. The van der Waals surface area contributed by atoms with E-state index in [-0.39, 0.29) is 0 Å². The number of hydrogen-bond acceptors (Lipinski definition) is 2. The Kier molecular flexibility index (Phi) is 4.15. The number of aromatic nitrogens is 2. The second-order valence-electron chi connectivity index (χ2n) is 6.06. The second-order valence-corrected chi connectivity index (χ2v) is 6.06. The Hall–Kier alpha value is -3.54. The summed E-state index contributed by atoms with van der Waals surface area (Å²) in [5, 5.41) is 7.34. The molecule has 26 heavy (non-hydrogen) atoms. The highest BCUT2D eigenvalue weighted by molar-refractivity contribution is 6.40. The van der Waals surface area contributed by atoms with Gasteiger partial charge in [-0.3, -0.25) is 9.59 Å². The van der Waals surface area contributed by atoms with E-state index in [4.69, 9.17) is 0 Å². The molecule has 2 aromatic carbocycles. The molecule has 0 spiro atoms. The van der Waals surface area contributed by atoms with Gasteiger partial charge in [0.2, 0.25) is 0 Å². The summed E-state index contributed by atoms with van der Waals surface area (Å²) in [7, 11) is 0. The van der Waals surface area contributed by atoms with Crippen molar-refractivity contribution in [3.8, 4) is 0 Å². The number of benzene rings is 2. The molecule has 2 amide bonds. The molecule has 0 unspecified atom stereocenters. The minimum Gasteiger partial charge on any atom is -0.361 e. The van der Waals surface area contributed by atoms with E-state index in [0.717, 1.165) is 27.4 Å². The molecule has 0 saturated heterocycles. The van der Waals surface area contributed by atoms with E-state index >= 15 is 0 Å². The van der Waals surface area contributed by atoms with Crippen LogP contribution in [0.4, 0.5) is 5.69 Å². The predicted molar refractivity (Wildman–Crippen MR) is 102 cm³/mol. The number of nitrogens with one attached hydrogen (secondary N) is 4. The lowest BCUT2D eigenvalue weighted by Gasteiger charge is -2.07. The average Bonchev–Trinajstić information content (AvgIpc) is 3.29. The lowest BCUT2D eigenvalue weighted by molar-refractivity contribution is -0.136. The van der Waals surface area contributed by atoms with Gasteiger partial charge in [0.05, 0.1) is 5.69 Å². The number of carbonyl (C=O) groups excluding carboxylic acids is 2. The minimum atomic E-state index is -0.669. The fraction of sp³-hybridized carbons (Fsp3) is 0.100. The maximum absolute atomic E-state index is 12.1. The van der Waals surface area contributed by atoms with Crippen LogP contribution in [0.2, 0.25) is 0 Å². The van der Waals surface area contributed by atoms with Gasteiger partial charge in [0.25, 0.3) is 0 Å². The molecule has 4 aromatic rings. The monoisotopic (exact) mass is 346 g/mol. The maximum atomic E-state index is 12.1. The number of amides is 2. The predicted octanol–water partition coefficient (Wildman–Crippen LogP) is 2.95. The summed E-state index contributed by atoms with van der Waals surface area (Å²) in [6, 6.07) is 15.4. The van der Waals surface area contributed by atoms with Crippen LogP contribution >= 0.6 is 0 Å². The van der Waals surface area contributed by atoms with E-state index in [1.54, 1.807) is 12.3 Å². The van der Waals surface area contributed by atoms with Gasteiger partial charge in [0, 0.05) is 40.7 Å². The molecule has 6 nitrogen and oxygen atoms in total. The molecule has 4 rings (SSSR count). The molecule has 130 valence electrons. The third kappa shape index (κ3) is 3.04. The van der Waals surface area contributed by atoms with Crippen LogP contribution in [0.5, 0.6) is 0 Å². The molecule has 0 saturated carbocycles. The van der Waals surface area contributed by atoms with Crippen LogP contribution < -0.4 is 10.6 Å². The SMILES string of the molecule is O=C(NCCc1c[nH]c2ccccc12)C(=O)Nc1cccc2[nH]ccc12. The zero-order chi connectivity index (χ0) is 17.9. The van der Waals surface area contributed by atoms with Gasteiger partial charge in [-0.2, -0.15) is 0 Å². The number of para-hydroxylation sites is 1. The average molecular weight is 346 g/mol. The molecule has 6 heteroatoms. The van der Waals surface area contributed by atoms with Crippen molar-refractivity contribution in [2.45, 2.75) is 6.42 Å². The van der Waals surface area contributed by atoms with Gasteiger partial charge < -0.3 is 20.6 Å². The normalized spacial score (nSPS) is 10.9. The van der Waals surface area contributed by atoms with Gasteiger partial charge in [0.15, 0.2) is 0 Å². The molecule has 4 N–H and O–H groups in total. The Morgan fingerprint density at radius 2 is 1.65 bits per heavy atom. The number of anilines is 1. The molecule has 0 atom stereocenters. The minimum absolute atomic E-state index is 0.391. The number of rotatable bonds is 4. The molecule has 0 aliphatic carbocycles. The highest BCUT2D eigenvalue weighted by atomic mass is 16.2. The third-order valence-corrected chi connectivity index (χ3v) is 4.40. The van der Waals surface area contributed by atoms with Gasteiger partial charge in [-0.25, -0.2) is 0 Å². The van der Waals surface area contributed by atoms with E-state index < -0.39 is 11.8 Å². The Morgan fingerprint density at radius 3 is 2.58 bits per heavy atom. The fourth-order valence-electron chi connectivity index (χ4n) is 3.10. The first-order valence-electron chi connectivity index (χ1n) is 8.42. The van der Waals surface area contributed by atoms with Crippen molar-refractivity contribution in [2.75, 3.05) is 11.9 Å². The first-order valence-corrected chi connectivity index (χ1v) is 8.42. The Labute approximate surface area is 149 Å². The standard InChI is InChI=1S/C20H18N4O2/c25-19(20(26)24-18-7-3-6-17-15(18)9-11-21-17)22-10-8-13-12-23-16-5-2-1-4-14(13)16/h1-7,9,11-12,21,23H,8,10H2,(H,22,25)(H,24,26). The largest absolute Gasteiger partial charge is 0.361 e. The Morgan fingerprint density at radius 1 is 0.846 bits per heavy atom. The van der Waals surface area contributed by atoms with Crippen LogP contribution in [0, 0.1) is 0 Å². The van der Waals surface area contributed by atoms with Crippen LogP contribution in [0.15, 0.2) is 60.9 Å². The smallest absolute Gasteiger partial charge is 0.313 e. The third-order valence-electron chi connectivity index (χ3n) is 4.40. The summed E-state index contributed by atoms with van der Waals surface area (Å²) in [5.41, 5.74) is 3.69. The zero-order valence-electron chi connectivity index (χ0n) is 14.0. The van der Waals surface area contributed by atoms with E-state index in [2.05, 4.69) is 20.6 Å². The highest BCUT2D eigenvalue weighted by Crippen LogP contribution is 2.22. The van der Waals surface area contributed by atoms with Crippen molar-refractivity contribution in [1.29, 1.82) is 0 Å². The van der Waals surface area contributed by atoms with Crippen LogP contribution in [-0.4, -0.2) is 28.3 Å². The van der Waals surface area contributed by atoms with Crippen LogP contribution in [0.1, 0.15) is 5.56 Å². The molecule has 0 bridgehead atoms. The molecule has 0 radical (unpaired) electrons. The van der Waals surface area contributed by atoms with Crippen molar-refractivity contribution in [3.05, 3.63) is 66.5 Å². The van der Waals surface area contributed by atoms with Gasteiger partial charge in [-0.1, -0.05) is 24.3 Å². The summed E-state index contributed by atoms with van der Waals surface area (Å²) in [4.78, 5) is 30.5. The first-order chi connectivity index (χ1) is 12.7. The lowest BCUT2D eigenvalue weighted by Crippen LogP contribution is -2.36. The summed E-state index contributed by atoms with van der Waals surface area (Å²) >= 11 is 0. The molecular weight excluding hydrogens is 328 g/mol. The van der Waals surface area contributed by atoms with Crippen molar-refractivity contribution >= 4 is 39.3 Å². The van der Waals surface area contributed by atoms with Crippen LogP contribution in [-0.2, 0) is 16.0 Å². The molecule has 2 heterocycles. The lowest BCUT2D eigenvalue weighted by atomic mass is 10.1.